The molecule has 4 aromatic rings. The normalized spacial score (nSPS) is 11.1. The van der Waals surface area contributed by atoms with Crippen molar-refractivity contribution in [2.45, 2.75) is 45.7 Å². The number of thioether (sulfide) groups is 1. The molecular formula is C27H29N3O3S2. The molecule has 35 heavy (non-hydrogen) atoms. The highest BCUT2D eigenvalue weighted by Crippen LogP contribution is 2.31. The zero-order valence-corrected chi connectivity index (χ0v) is 22.0. The van der Waals surface area contributed by atoms with E-state index >= 15 is 0 Å². The number of hydrogen-bond donors (Lipinski definition) is 1. The number of anilines is 1. The van der Waals surface area contributed by atoms with E-state index in [9.17, 15) is 9.59 Å². The number of amides is 1. The van der Waals surface area contributed by atoms with Gasteiger partial charge in [-0.05, 0) is 68.7 Å². The van der Waals surface area contributed by atoms with Gasteiger partial charge in [0.15, 0.2) is 5.16 Å². The fourth-order valence-electron chi connectivity index (χ4n) is 3.89. The molecule has 0 aliphatic heterocycles. The van der Waals surface area contributed by atoms with Crippen molar-refractivity contribution in [3.63, 3.8) is 0 Å². The van der Waals surface area contributed by atoms with Crippen molar-refractivity contribution in [2.75, 3.05) is 17.7 Å². The molecule has 8 heteroatoms. The third kappa shape index (κ3) is 5.44. The van der Waals surface area contributed by atoms with Crippen LogP contribution in [0.15, 0.2) is 58.5 Å². The van der Waals surface area contributed by atoms with Crippen LogP contribution in [-0.2, 0) is 11.2 Å². The topological polar surface area (TPSA) is 73.2 Å². The maximum Gasteiger partial charge on any atom is 0.267 e. The summed E-state index contributed by atoms with van der Waals surface area (Å²) in [7, 11) is 0. The van der Waals surface area contributed by atoms with Crippen LogP contribution in [0.4, 0.5) is 5.69 Å². The molecule has 4 rings (SSSR count). The summed E-state index contributed by atoms with van der Waals surface area (Å²) in [4.78, 5) is 33.3. The fraction of sp³-hybridized carbons (Fsp3) is 0.296. The first kappa shape index (κ1) is 25.0. The Morgan fingerprint density at radius 3 is 2.54 bits per heavy atom. The van der Waals surface area contributed by atoms with Gasteiger partial charge in [-0.3, -0.25) is 14.2 Å². The number of carbonyl (C=O) groups is 1. The van der Waals surface area contributed by atoms with Crippen LogP contribution in [0.5, 0.6) is 5.75 Å². The Labute approximate surface area is 213 Å². The van der Waals surface area contributed by atoms with Gasteiger partial charge in [0.25, 0.3) is 5.56 Å². The Hall–Kier alpha value is -3.10. The Bertz CT molecular complexity index is 1410. The SMILES string of the molecule is CCCc1sc2nc(SCC(=O)Nc3ccccc3C)n(-c3ccc(OCC)cc3)c(=O)c2c1C. The molecular weight excluding hydrogens is 478 g/mol. The number of aromatic nitrogens is 2. The molecule has 2 aromatic heterocycles. The summed E-state index contributed by atoms with van der Waals surface area (Å²) in [5.41, 5.74) is 3.35. The van der Waals surface area contributed by atoms with Crippen LogP contribution in [0.25, 0.3) is 15.9 Å². The number of benzene rings is 2. The zero-order valence-electron chi connectivity index (χ0n) is 20.4. The molecule has 0 aliphatic carbocycles. The molecule has 0 saturated heterocycles. The number of ether oxygens (including phenoxy) is 1. The molecule has 0 saturated carbocycles. The number of nitrogens with zero attached hydrogens (tertiary/aromatic N) is 2. The molecule has 2 heterocycles. The number of hydrogen-bond acceptors (Lipinski definition) is 6. The molecule has 0 fully saturated rings. The smallest absolute Gasteiger partial charge is 0.267 e. The Balaban J connectivity index is 1.72. The van der Waals surface area contributed by atoms with E-state index in [4.69, 9.17) is 9.72 Å². The summed E-state index contributed by atoms with van der Waals surface area (Å²) >= 11 is 2.83. The van der Waals surface area contributed by atoms with Gasteiger partial charge in [0.05, 0.1) is 23.4 Å². The van der Waals surface area contributed by atoms with Crippen molar-refractivity contribution < 1.29 is 9.53 Å². The third-order valence-corrected chi connectivity index (χ3v) is 7.85. The van der Waals surface area contributed by atoms with Crippen molar-refractivity contribution in [1.29, 1.82) is 0 Å². The van der Waals surface area contributed by atoms with Crippen LogP contribution >= 0.6 is 23.1 Å². The quantitative estimate of drug-likeness (QED) is 0.217. The van der Waals surface area contributed by atoms with Crippen molar-refractivity contribution in [3.8, 4) is 11.4 Å². The molecule has 0 atom stereocenters. The number of aryl methyl sites for hydroxylation is 3. The summed E-state index contributed by atoms with van der Waals surface area (Å²) < 4.78 is 7.17. The minimum absolute atomic E-state index is 0.114. The monoisotopic (exact) mass is 507 g/mol. The molecule has 1 N–H and O–H groups in total. The minimum Gasteiger partial charge on any atom is -0.494 e. The van der Waals surface area contributed by atoms with Crippen molar-refractivity contribution >= 4 is 44.9 Å². The van der Waals surface area contributed by atoms with Gasteiger partial charge in [0.2, 0.25) is 5.91 Å². The highest BCUT2D eigenvalue weighted by molar-refractivity contribution is 7.99. The van der Waals surface area contributed by atoms with Crippen molar-refractivity contribution in [2.24, 2.45) is 0 Å². The van der Waals surface area contributed by atoms with Gasteiger partial charge in [-0.25, -0.2) is 4.98 Å². The number of fused-ring (bicyclic) bond motifs is 1. The van der Waals surface area contributed by atoms with Gasteiger partial charge in [0, 0.05) is 10.6 Å². The summed E-state index contributed by atoms with van der Waals surface area (Å²) in [5, 5.41) is 4.10. The first-order valence-corrected chi connectivity index (χ1v) is 13.5. The minimum atomic E-state index is -0.147. The number of nitrogens with one attached hydrogen (secondary N) is 1. The number of rotatable bonds is 9. The second-order valence-corrected chi connectivity index (χ2v) is 10.2. The van der Waals surface area contributed by atoms with E-state index in [0.29, 0.717) is 22.8 Å². The zero-order chi connectivity index (χ0) is 24.9. The van der Waals surface area contributed by atoms with Gasteiger partial charge in [0.1, 0.15) is 10.6 Å². The Morgan fingerprint density at radius 1 is 1.11 bits per heavy atom. The summed E-state index contributed by atoms with van der Waals surface area (Å²) in [6.07, 6.45) is 1.91. The molecule has 1 amide bonds. The van der Waals surface area contributed by atoms with E-state index in [1.165, 1.54) is 16.6 Å². The predicted octanol–water partition coefficient (Wildman–Crippen LogP) is 6.15. The second kappa shape index (κ2) is 11.1. The van der Waals surface area contributed by atoms with E-state index in [1.54, 1.807) is 15.9 Å². The highest BCUT2D eigenvalue weighted by atomic mass is 32.2. The number of thiophene rings is 1. The van der Waals surface area contributed by atoms with Crippen molar-refractivity contribution in [3.05, 3.63) is 74.9 Å². The summed E-state index contributed by atoms with van der Waals surface area (Å²) in [5.74, 6) is 0.725. The van der Waals surface area contributed by atoms with E-state index in [2.05, 4.69) is 12.2 Å². The molecule has 0 unspecified atom stereocenters. The van der Waals surface area contributed by atoms with E-state index < -0.39 is 0 Å². The lowest BCUT2D eigenvalue weighted by Gasteiger charge is -2.13. The van der Waals surface area contributed by atoms with E-state index in [-0.39, 0.29) is 17.2 Å². The Morgan fingerprint density at radius 2 is 1.86 bits per heavy atom. The summed E-state index contributed by atoms with van der Waals surface area (Å²) in [6.45, 7) is 8.58. The van der Waals surface area contributed by atoms with Gasteiger partial charge in [-0.15, -0.1) is 11.3 Å². The molecule has 0 aliphatic rings. The van der Waals surface area contributed by atoms with E-state index in [1.807, 2.05) is 69.3 Å². The average molecular weight is 508 g/mol. The highest BCUT2D eigenvalue weighted by Gasteiger charge is 2.20. The van der Waals surface area contributed by atoms with Crippen molar-refractivity contribution in [1.82, 2.24) is 9.55 Å². The lowest BCUT2D eigenvalue weighted by Crippen LogP contribution is -2.23. The Kier molecular flexibility index (Phi) is 7.93. The van der Waals surface area contributed by atoms with Gasteiger partial charge in [-0.2, -0.15) is 0 Å². The summed E-state index contributed by atoms with van der Waals surface area (Å²) in [6, 6.07) is 15.1. The van der Waals surface area contributed by atoms with Gasteiger partial charge < -0.3 is 10.1 Å². The standard InChI is InChI=1S/C27H29N3O3S2/c1-5-9-22-18(4)24-25(35-22)29-27(34-16-23(31)28-21-11-8-7-10-17(21)3)30(26(24)32)19-12-14-20(15-13-19)33-6-2/h7-8,10-15H,5-6,9,16H2,1-4H3,(H,28,31). The molecule has 0 spiro atoms. The lowest BCUT2D eigenvalue weighted by molar-refractivity contribution is -0.113. The largest absolute Gasteiger partial charge is 0.494 e. The van der Waals surface area contributed by atoms with Crippen LogP contribution in [0.2, 0.25) is 0 Å². The van der Waals surface area contributed by atoms with Crippen LogP contribution in [0.1, 0.15) is 36.3 Å². The first-order chi connectivity index (χ1) is 16.9. The third-order valence-electron chi connectivity index (χ3n) is 5.67. The van der Waals surface area contributed by atoms with Crippen LogP contribution in [0, 0.1) is 13.8 Å². The second-order valence-electron chi connectivity index (χ2n) is 8.19. The molecule has 6 nitrogen and oxygen atoms in total. The molecule has 0 radical (unpaired) electrons. The molecule has 2 aromatic carbocycles. The van der Waals surface area contributed by atoms with Crippen LogP contribution in [0.3, 0.4) is 0 Å². The van der Waals surface area contributed by atoms with E-state index in [0.717, 1.165) is 40.2 Å². The number of carbonyl (C=O) groups excluding carboxylic acids is 1. The average Bonchev–Trinajstić information content (AvgIpc) is 3.16. The lowest BCUT2D eigenvalue weighted by atomic mass is 10.1. The first-order valence-electron chi connectivity index (χ1n) is 11.7. The number of para-hydroxylation sites is 1. The van der Waals surface area contributed by atoms with Crippen LogP contribution < -0.4 is 15.6 Å². The maximum absolute atomic E-state index is 13.8. The fourth-order valence-corrected chi connectivity index (χ4v) is 6.02. The maximum atomic E-state index is 13.8. The van der Waals surface area contributed by atoms with Crippen LogP contribution in [-0.4, -0.2) is 27.8 Å². The predicted molar refractivity (Wildman–Crippen MR) is 146 cm³/mol. The molecule has 182 valence electrons. The molecule has 0 bridgehead atoms. The van der Waals surface area contributed by atoms with Gasteiger partial charge in [-0.1, -0.05) is 43.3 Å². The van der Waals surface area contributed by atoms with Gasteiger partial charge >= 0.3 is 0 Å².